The van der Waals surface area contributed by atoms with Gasteiger partial charge in [-0.1, -0.05) is 30.9 Å². The van der Waals surface area contributed by atoms with E-state index in [1.54, 1.807) is 6.08 Å². The Labute approximate surface area is 79.6 Å². The Morgan fingerprint density at radius 3 is 2.46 bits per heavy atom. The molecule has 13 heavy (non-hydrogen) atoms. The number of hydrogen-bond donors (Lipinski definition) is 0. The van der Waals surface area contributed by atoms with Gasteiger partial charge in [-0.15, -0.1) is 0 Å². The first-order chi connectivity index (χ1) is 6.07. The highest BCUT2D eigenvalue weighted by Crippen LogP contribution is 2.05. The van der Waals surface area contributed by atoms with E-state index in [9.17, 15) is 4.79 Å². The van der Waals surface area contributed by atoms with E-state index in [0.29, 0.717) is 0 Å². The van der Waals surface area contributed by atoms with Crippen molar-refractivity contribution in [3.8, 4) is 0 Å². The summed E-state index contributed by atoms with van der Waals surface area (Å²) in [7, 11) is 0. The molecule has 0 aromatic rings. The van der Waals surface area contributed by atoms with Gasteiger partial charge in [0.1, 0.15) is 6.10 Å². The Hall–Kier alpha value is -1.31. The van der Waals surface area contributed by atoms with E-state index in [-0.39, 0.29) is 12.1 Å². The van der Waals surface area contributed by atoms with E-state index < -0.39 is 0 Å². The topological polar surface area (TPSA) is 26.3 Å². The number of carbonyl (C=O) groups excluding carboxylic acids is 1. The van der Waals surface area contributed by atoms with Crippen molar-refractivity contribution in [3.63, 3.8) is 0 Å². The van der Waals surface area contributed by atoms with E-state index in [0.717, 1.165) is 5.57 Å². The van der Waals surface area contributed by atoms with Crippen molar-refractivity contribution in [2.24, 2.45) is 0 Å². The zero-order valence-electron chi connectivity index (χ0n) is 8.41. The minimum atomic E-state index is -0.257. The van der Waals surface area contributed by atoms with Crippen LogP contribution >= 0.6 is 0 Å². The molecule has 0 heterocycles. The van der Waals surface area contributed by atoms with Gasteiger partial charge in [-0.2, -0.15) is 0 Å². The normalized spacial score (nSPS) is 14.2. The fourth-order valence-electron chi connectivity index (χ4n) is 0.763. The van der Waals surface area contributed by atoms with Crippen LogP contribution in [0.3, 0.4) is 0 Å². The Balaban J connectivity index is 4.15. The Morgan fingerprint density at radius 1 is 1.38 bits per heavy atom. The largest absolute Gasteiger partial charge is 0.458 e. The number of hydrogen-bond acceptors (Lipinski definition) is 2. The van der Waals surface area contributed by atoms with Crippen LogP contribution in [0.5, 0.6) is 0 Å². The first-order valence-corrected chi connectivity index (χ1v) is 4.21. The summed E-state index contributed by atoms with van der Waals surface area (Å²) in [6.45, 7) is 8.72. The van der Waals surface area contributed by atoms with Gasteiger partial charge >= 0.3 is 5.97 Å². The van der Waals surface area contributed by atoms with E-state index in [4.69, 9.17) is 4.74 Å². The summed E-state index contributed by atoms with van der Waals surface area (Å²) in [5, 5.41) is 0. The smallest absolute Gasteiger partial charge is 0.303 e. The SMILES string of the molecule is C=C/C=C\C=C(/C)C(C)OC(C)=O. The number of carbonyl (C=O) groups is 1. The van der Waals surface area contributed by atoms with Crippen LogP contribution in [0.15, 0.2) is 36.5 Å². The summed E-state index contributed by atoms with van der Waals surface area (Å²) in [6, 6.07) is 0. The van der Waals surface area contributed by atoms with E-state index in [1.165, 1.54) is 6.92 Å². The van der Waals surface area contributed by atoms with Gasteiger partial charge in [-0.3, -0.25) is 4.79 Å². The molecule has 72 valence electrons. The average Bonchev–Trinajstić information content (AvgIpc) is 2.03. The summed E-state index contributed by atoms with van der Waals surface area (Å²) in [5.41, 5.74) is 1.01. The highest BCUT2D eigenvalue weighted by atomic mass is 16.5. The minimum Gasteiger partial charge on any atom is -0.458 e. The third-order valence-corrected chi connectivity index (χ3v) is 1.59. The summed E-state index contributed by atoms with van der Waals surface area (Å²) in [5.74, 6) is -0.257. The molecule has 1 atom stereocenters. The van der Waals surface area contributed by atoms with Crippen LogP contribution in [0.4, 0.5) is 0 Å². The molecule has 0 amide bonds. The summed E-state index contributed by atoms with van der Waals surface area (Å²) in [4.78, 5) is 10.6. The van der Waals surface area contributed by atoms with Gasteiger partial charge < -0.3 is 4.74 Å². The maximum Gasteiger partial charge on any atom is 0.303 e. The summed E-state index contributed by atoms with van der Waals surface area (Å²) in [6.07, 6.45) is 7.12. The predicted molar refractivity (Wildman–Crippen MR) is 54.3 cm³/mol. The molecule has 0 bridgehead atoms. The van der Waals surface area contributed by atoms with Crippen molar-refractivity contribution < 1.29 is 9.53 Å². The first kappa shape index (κ1) is 11.7. The van der Waals surface area contributed by atoms with Crippen molar-refractivity contribution in [2.45, 2.75) is 26.9 Å². The lowest BCUT2D eigenvalue weighted by Gasteiger charge is -2.11. The molecule has 0 aromatic heterocycles. The standard InChI is InChI=1S/C11H16O2/c1-5-6-7-8-9(2)10(3)13-11(4)12/h5-8,10H,1H2,2-4H3/b7-6-,9-8+. The molecule has 0 aliphatic heterocycles. The van der Waals surface area contributed by atoms with E-state index >= 15 is 0 Å². The van der Waals surface area contributed by atoms with Gasteiger partial charge in [-0.25, -0.2) is 0 Å². The molecule has 0 rings (SSSR count). The maximum absolute atomic E-state index is 10.6. The molecule has 0 saturated heterocycles. The molecule has 0 radical (unpaired) electrons. The van der Waals surface area contributed by atoms with Crippen molar-refractivity contribution in [3.05, 3.63) is 36.5 Å². The van der Waals surface area contributed by atoms with E-state index in [1.807, 2.05) is 32.1 Å². The van der Waals surface area contributed by atoms with Gasteiger partial charge in [0.2, 0.25) is 0 Å². The predicted octanol–water partition coefficient (Wildman–Crippen LogP) is 2.63. The second-order valence-electron chi connectivity index (χ2n) is 2.78. The molecular weight excluding hydrogens is 164 g/mol. The van der Waals surface area contributed by atoms with Crippen LogP contribution in [0.1, 0.15) is 20.8 Å². The molecular formula is C11H16O2. The number of esters is 1. The monoisotopic (exact) mass is 180 g/mol. The van der Waals surface area contributed by atoms with Gasteiger partial charge in [0.05, 0.1) is 0 Å². The van der Waals surface area contributed by atoms with Gasteiger partial charge in [0, 0.05) is 6.92 Å². The van der Waals surface area contributed by atoms with E-state index in [2.05, 4.69) is 6.58 Å². The molecule has 2 nitrogen and oxygen atoms in total. The quantitative estimate of drug-likeness (QED) is 0.491. The Bertz CT molecular complexity index is 236. The van der Waals surface area contributed by atoms with Gasteiger partial charge in [-0.05, 0) is 19.4 Å². The fraction of sp³-hybridized carbons (Fsp3) is 0.364. The number of ether oxygens (including phenoxy) is 1. The molecule has 0 aliphatic carbocycles. The molecule has 0 saturated carbocycles. The van der Waals surface area contributed by atoms with Crippen LogP contribution in [-0.4, -0.2) is 12.1 Å². The third kappa shape index (κ3) is 5.91. The van der Waals surface area contributed by atoms with Crippen molar-refractivity contribution in [1.82, 2.24) is 0 Å². The van der Waals surface area contributed by atoms with Crippen molar-refractivity contribution in [2.75, 3.05) is 0 Å². The Morgan fingerprint density at radius 2 is 2.00 bits per heavy atom. The van der Waals surface area contributed by atoms with Crippen LogP contribution in [-0.2, 0) is 9.53 Å². The lowest BCUT2D eigenvalue weighted by molar-refractivity contribution is -0.143. The first-order valence-electron chi connectivity index (χ1n) is 4.21. The Kier molecular flexibility index (Phi) is 5.60. The zero-order valence-corrected chi connectivity index (χ0v) is 8.41. The van der Waals surface area contributed by atoms with Gasteiger partial charge in [0.25, 0.3) is 0 Å². The van der Waals surface area contributed by atoms with Gasteiger partial charge in [0.15, 0.2) is 0 Å². The average molecular weight is 180 g/mol. The molecule has 0 N–H and O–H groups in total. The van der Waals surface area contributed by atoms with Crippen LogP contribution in [0, 0.1) is 0 Å². The highest BCUT2D eigenvalue weighted by Gasteiger charge is 2.05. The highest BCUT2D eigenvalue weighted by molar-refractivity contribution is 5.66. The van der Waals surface area contributed by atoms with Crippen LogP contribution in [0.25, 0.3) is 0 Å². The number of rotatable bonds is 4. The van der Waals surface area contributed by atoms with Crippen molar-refractivity contribution in [1.29, 1.82) is 0 Å². The summed E-state index contributed by atoms with van der Waals surface area (Å²) >= 11 is 0. The second kappa shape index (κ2) is 6.23. The zero-order chi connectivity index (χ0) is 10.3. The molecule has 2 heteroatoms. The molecule has 0 aromatic carbocycles. The molecule has 0 aliphatic rings. The second-order valence-corrected chi connectivity index (χ2v) is 2.78. The minimum absolute atomic E-state index is 0.160. The fourth-order valence-corrected chi connectivity index (χ4v) is 0.763. The lowest BCUT2D eigenvalue weighted by atomic mass is 10.2. The summed E-state index contributed by atoms with van der Waals surface area (Å²) < 4.78 is 4.98. The lowest BCUT2D eigenvalue weighted by Crippen LogP contribution is -2.12. The third-order valence-electron chi connectivity index (χ3n) is 1.59. The van der Waals surface area contributed by atoms with Crippen LogP contribution < -0.4 is 0 Å². The van der Waals surface area contributed by atoms with Crippen LogP contribution in [0.2, 0.25) is 0 Å². The molecule has 1 unspecified atom stereocenters. The maximum atomic E-state index is 10.6. The molecule has 0 fully saturated rings. The van der Waals surface area contributed by atoms with Crippen molar-refractivity contribution >= 4 is 5.97 Å². The molecule has 0 spiro atoms. The number of allylic oxidation sites excluding steroid dienone is 4.